The van der Waals surface area contributed by atoms with Crippen molar-refractivity contribution in [3.63, 3.8) is 0 Å². The van der Waals surface area contributed by atoms with E-state index in [1.165, 1.54) is 12.1 Å². The lowest BCUT2D eigenvalue weighted by atomic mass is 10.2. The molecule has 2 rings (SSSR count). The standard InChI is InChI=1S/C13H15F3N2O3/c14-13(15,16)21-9-3-1-2-8(6-9)18-12(19)11-5-4-10(7-17)20-11/h1-3,6,10-11H,4-5,7,17H2,(H,18,19)/t10-,11+/m1/s1. The molecule has 1 fully saturated rings. The molecule has 0 bridgehead atoms. The zero-order valence-electron chi connectivity index (χ0n) is 11.0. The summed E-state index contributed by atoms with van der Waals surface area (Å²) in [5.74, 6) is -0.803. The molecule has 1 aliphatic heterocycles. The number of amides is 1. The predicted molar refractivity (Wildman–Crippen MR) is 68.7 cm³/mol. The highest BCUT2D eigenvalue weighted by molar-refractivity contribution is 5.94. The molecule has 0 radical (unpaired) electrons. The van der Waals surface area contributed by atoms with Crippen molar-refractivity contribution < 1.29 is 27.4 Å². The number of nitrogens with one attached hydrogen (secondary N) is 1. The van der Waals surface area contributed by atoms with Crippen LogP contribution in [0, 0.1) is 0 Å². The van der Waals surface area contributed by atoms with E-state index in [1.54, 1.807) is 0 Å². The molecule has 0 saturated carbocycles. The van der Waals surface area contributed by atoms with E-state index < -0.39 is 24.1 Å². The average Bonchev–Trinajstić information content (AvgIpc) is 2.85. The molecule has 0 unspecified atom stereocenters. The van der Waals surface area contributed by atoms with Gasteiger partial charge < -0.3 is 20.5 Å². The summed E-state index contributed by atoms with van der Waals surface area (Å²) >= 11 is 0. The molecule has 116 valence electrons. The van der Waals surface area contributed by atoms with Gasteiger partial charge in [-0.25, -0.2) is 0 Å². The number of nitrogens with two attached hydrogens (primary N) is 1. The Hall–Kier alpha value is -1.80. The van der Waals surface area contributed by atoms with Gasteiger partial charge in [0.15, 0.2) is 0 Å². The summed E-state index contributed by atoms with van der Waals surface area (Å²) < 4.78 is 45.6. The Balaban J connectivity index is 1.96. The Kier molecular flexibility index (Phi) is 4.69. The molecule has 1 aromatic rings. The average molecular weight is 304 g/mol. The van der Waals surface area contributed by atoms with Gasteiger partial charge in [-0.2, -0.15) is 0 Å². The Morgan fingerprint density at radius 1 is 1.43 bits per heavy atom. The molecule has 0 aromatic heterocycles. The molecule has 5 nitrogen and oxygen atoms in total. The van der Waals surface area contributed by atoms with Crippen molar-refractivity contribution >= 4 is 11.6 Å². The molecule has 1 amide bonds. The highest BCUT2D eigenvalue weighted by Crippen LogP contribution is 2.26. The maximum Gasteiger partial charge on any atom is 0.573 e. The minimum absolute atomic E-state index is 0.152. The second-order valence-corrected chi connectivity index (χ2v) is 4.62. The van der Waals surface area contributed by atoms with Crippen LogP contribution in [0.1, 0.15) is 12.8 Å². The van der Waals surface area contributed by atoms with Gasteiger partial charge in [-0.05, 0) is 25.0 Å². The second-order valence-electron chi connectivity index (χ2n) is 4.62. The third-order valence-electron chi connectivity index (χ3n) is 3.00. The number of ether oxygens (including phenoxy) is 2. The molecule has 0 spiro atoms. The van der Waals surface area contributed by atoms with E-state index in [0.29, 0.717) is 19.4 Å². The maximum absolute atomic E-state index is 12.1. The van der Waals surface area contributed by atoms with E-state index in [2.05, 4.69) is 10.1 Å². The number of rotatable bonds is 4. The van der Waals surface area contributed by atoms with E-state index in [0.717, 1.165) is 12.1 Å². The number of anilines is 1. The lowest BCUT2D eigenvalue weighted by Crippen LogP contribution is -2.29. The number of hydrogen-bond acceptors (Lipinski definition) is 4. The van der Waals surface area contributed by atoms with Crippen molar-refractivity contribution in [1.82, 2.24) is 0 Å². The largest absolute Gasteiger partial charge is 0.573 e. The van der Waals surface area contributed by atoms with E-state index in [1.807, 2.05) is 0 Å². The summed E-state index contributed by atoms with van der Waals surface area (Å²) in [4.78, 5) is 11.9. The summed E-state index contributed by atoms with van der Waals surface area (Å²) in [6.45, 7) is 0.332. The van der Waals surface area contributed by atoms with E-state index in [-0.39, 0.29) is 11.8 Å². The van der Waals surface area contributed by atoms with Crippen molar-refractivity contribution in [1.29, 1.82) is 0 Å². The first-order chi connectivity index (χ1) is 9.87. The summed E-state index contributed by atoms with van der Waals surface area (Å²) in [5, 5.41) is 2.50. The number of hydrogen-bond donors (Lipinski definition) is 2. The van der Waals surface area contributed by atoms with Gasteiger partial charge in [-0.15, -0.1) is 13.2 Å². The molecular weight excluding hydrogens is 289 g/mol. The van der Waals surface area contributed by atoms with Crippen molar-refractivity contribution in [2.24, 2.45) is 5.73 Å². The second kappa shape index (κ2) is 6.31. The molecule has 2 atom stereocenters. The van der Waals surface area contributed by atoms with Gasteiger partial charge in [-0.1, -0.05) is 6.07 Å². The third kappa shape index (κ3) is 4.61. The van der Waals surface area contributed by atoms with Crippen LogP contribution in [0.15, 0.2) is 24.3 Å². The van der Waals surface area contributed by atoms with Crippen LogP contribution in [0.4, 0.5) is 18.9 Å². The van der Waals surface area contributed by atoms with Gasteiger partial charge in [0, 0.05) is 18.3 Å². The number of alkyl halides is 3. The van der Waals surface area contributed by atoms with E-state index in [4.69, 9.17) is 10.5 Å². The number of benzene rings is 1. The van der Waals surface area contributed by atoms with Crippen molar-refractivity contribution in [3.05, 3.63) is 24.3 Å². The van der Waals surface area contributed by atoms with Crippen LogP contribution in [0.5, 0.6) is 5.75 Å². The summed E-state index contributed by atoms with van der Waals surface area (Å²) in [7, 11) is 0. The fraction of sp³-hybridized carbons (Fsp3) is 0.462. The Labute approximate surface area is 119 Å². The Morgan fingerprint density at radius 2 is 2.19 bits per heavy atom. The molecule has 8 heteroatoms. The lowest BCUT2D eigenvalue weighted by molar-refractivity contribution is -0.274. The molecule has 1 saturated heterocycles. The van der Waals surface area contributed by atoms with Crippen LogP contribution < -0.4 is 15.8 Å². The summed E-state index contributed by atoms with van der Waals surface area (Å²) in [5.41, 5.74) is 5.66. The van der Waals surface area contributed by atoms with Gasteiger partial charge in [0.2, 0.25) is 0 Å². The van der Waals surface area contributed by atoms with Crippen LogP contribution in [-0.4, -0.2) is 31.0 Å². The third-order valence-corrected chi connectivity index (χ3v) is 3.00. The molecule has 0 aliphatic carbocycles. The molecule has 21 heavy (non-hydrogen) atoms. The number of carbonyl (C=O) groups excluding carboxylic acids is 1. The van der Waals surface area contributed by atoms with Crippen molar-refractivity contribution in [3.8, 4) is 5.75 Å². The smallest absolute Gasteiger partial charge is 0.406 e. The first kappa shape index (κ1) is 15.6. The molecule has 3 N–H and O–H groups in total. The van der Waals surface area contributed by atoms with Crippen molar-refractivity contribution in [2.75, 3.05) is 11.9 Å². The summed E-state index contributed by atoms with van der Waals surface area (Å²) in [6, 6.07) is 5.08. The van der Waals surface area contributed by atoms with Crippen LogP contribution in [0.25, 0.3) is 0 Å². The molecule has 1 heterocycles. The van der Waals surface area contributed by atoms with Gasteiger partial charge in [0.05, 0.1) is 6.10 Å². The van der Waals surface area contributed by atoms with Gasteiger partial charge in [0.25, 0.3) is 5.91 Å². The first-order valence-electron chi connectivity index (χ1n) is 6.39. The zero-order chi connectivity index (χ0) is 15.5. The fourth-order valence-electron chi connectivity index (χ4n) is 2.07. The Bertz CT molecular complexity index is 508. The zero-order valence-corrected chi connectivity index (χ0v) is 11.0. The monoisotopic (exact) mass is 304 g/mol. The Morgan fingerprint density at radius 3 is 2.81 bits per heavy atom. The minimum atomic E-state index is -4.77. The lowest BCUT2D eigenvalue weighted by Gasteiger charge is -2.14. The number of halogens is 3. The fourth-order valence-corrected chi connectivity index (χ4v) is 2.07. The first-order valence-corrected chi connectivity index (χ1v) is 6.39. The topological polar surface area (TPSA) is 73.6 Å². The summed E-state index contributed by atoms with van der Waals surface area (Å²) in [6.07, 6.45) is -4.34. The molecular formula is C13H15F3N2O3. The van der Waals surface area contributed by atoms with Gasteiger partial charge in [0.1, 0.15) is 11.9 Å². The highest BCUT2D eigenvalue weighted by Gasteiger charge is 2.32. The SMILES string of the molecule is NC[C@H]1CC[C@@H](C(=O)Nc2cccc(OC(F)(F)F)c2)O1. The normalized spacial score (nSPS) is 22.1. The predicted octanol–water partition coefficient (Wildman–Crippen LogP) is 2.03. The van der Waals surface area contributed by atoms with Crippen LogP contribution in [-0.2, 0) is 9.53 Å². The van der Waals surface area contributed by atoms with Crippen LogP contribution in [0.3, 0.4) is 0 Å². The molecule has 1 aromatic carbocycles. The highest BCUT2D eigenvalue weighted by atomic mass is 19.4. The van der Waals surface area contributed by atoms with E-state index in [9.17, 15) is 18.0 Å². The molecule has 1 aliphatic rings. The van der Waals surface area contributed by atoms with Gasteiger partial charge in [-0.3, -0.25) is 4.79 Å². The van der Waals surface area contributed by atoms with E-state index >= 15 is 0 Å². The van der Waals surface area contributed by atoms with Crippen LogP contribution in [0.2, 0.25) is 0 Å². The minimum Gasteiger partial charge on any atom is -0.406 e. The maximum atomic E-state index is 12.1. The number of carbonyl (C=O) groups is 1. The van der Waals surface area contributed by atoms with Crippen molar-refractivity contribution in [2.45, 2.75) is 31.4 Å². The van der Waals surface area contributed by atoms with Gasteiger partial charge >= 0.3 is 6.36 Å². The van der Waals surface area contributed by atoms with Crippen LogP contribution >= 0.6 is 0 Å². The quantitative estimate of drug-likeness (QED) is 0.892.